The monoisotopic (exact) mass is 1400 g/mol. The highest BCUT2D eigenvalue weighted by Gasteiger charge is 2.29. The van der Waals surface area contributed by atoms with Gasteiger partial charge in [0, 0.05) is 11.4 Å². The zero-order chi connectivity index (χ0) is 66.0. The summed E-state index contributed by atoms with van der Waals surface area (Å²) in [6.45, 7) is 20.1. The van der Waals surface area contributed by atoms with Gasteiger partial charge < -0.3 is 14.9 Å². The number of Topliss-reactive ketones (excluding diaryl/α,β-unsaturated/α-hetero) is 1. The Labute approximate surface area is 566 Å². The lowest BCUT2D eigenvalue weighted by Crippen LogP contribution is -2.40. The number of ether oxygens (including phenoxy) is 1. The Kier molecular flexibility index (Phi) is 27.0. The summed E-state index contributed by atoms with van der Waals surface area (Å²) in [5, 5.41) is 50.4. The van der Waals surface area contributed by atoms with Gasteiger partial charge in [0.2, 0.25) is 0 Å². The second kappa shape index (κ2) is 33.6. The normalized spacial score (nSPS) is 11.0. The maximum atomic E-state index is 12.7. The summed E-state index contributed by atoms with van der Waals surface area (Å²) >= 11 is 39.6. The molecule has 90 heavy (non-hydrogen) atoms. The molecule has 27 heteroatoms. The van der Waals surface area contributed by atoms with Crippen LogP contribution in [-0.2, 0) is 36.8 Å². The molecule has 0 radical (unpaired) electrons. The fourth-order valence-electron chi connectivity index (χ4n) is 8.03. The first-order valence-electron chi connectivity index (χ1n) is 27.3. The average molecular weight is 1410 g/mol. The lowest BCUT2D eigenvalue weighted by atomic mass is 10.0. The van der Waals surface area contributed by atoms with Gasteiger partial charge in [0.15, 0.2) is 0 Å². The van der Waals surface area contributed by atoms with Gasteiger partial charge in [-0.1, -0.05) is 189 Å². The standard InChI is InChI=1S/C26H21Cl2N3O3S.C18H26ClN3O2SSi.C11H10ClN3O2S.C8H6ClNS/c1-16-2-9-24(23(28)10-16)31-25(14-29-30-31)35-15-21(32)12-20-8-7-19(13-22(20)27)18-5-3-17(4-6-18)11-26(33)34;1-12-8-9-14(13(19)10-12)22-17(16(20-21-22)26(5,6)7)25-11-15(23)24-18(2,3)4;1-7-2-3-9(8(12)4-7)15-10(5-13-14-15)18-6-11(16)17;1-6-2-3-8(10-5-11)7(9)4-6/h2-10,13-14H,11-12,15H2,1H3,(H,33,34);8-10H,11H2,1-7H3;2-5H,6H2,1H3,(H,16,17);2-4H,1H3. The number of aromatic nitrogens is 9. The van der Waals surface area contributed by atoms with Gasteiger partial charge in [-0.25, -0.2) is 14.0 Å². The van der Waals surface area contributed by atoms with E-state index in [4.69, 9.17) is 73.0 Å². The third-order valence-corrected chi connectivity index (χ3v) is 18.8. The van der Waals surface area contributed by atoms with E-state index in [0.29, 0.717) is 47.2 Å². The van der Waals surface area contributed by atoms with Crippen LogP contribution in [0, 0.1) is 27.7 Å². The van der Waals surface area contributed by atoms with Crippen LogP contribution in [0.25, 0.3) is 28.2 Å². The molecule has 0 unspecified atom stereocenters. The number of thioether (sulfide) groups is 3. The fraction of sp³-hybridized carbons (Fsp3) is 0.254. The minimum Gasteiger partial charge on any atom is -0.481 e. The molecule has 3 aromatic heterocycles. The second-order valence-electron chi connectivity index (χ2n) is 22.0. The van der Waals surface area contributed by atoms with Crippen LogP contribution in [0.15, 0.2) is 148 Å². The van der Waals surface area contributed by atoms with Gasteiger partial charge in [0.1, 0.15) is 34.5 Å². The lowest BCUT2D eigenvalue weighted by molar-refractivity contribution is -0.151. The van der Waals surface area contributed by atoms with E-state index >= 15 is 0 Å². The van der Waals surface area contributed by atoms with Crippen LogP contribution >= 0.6 is 106 Å². The number of aliphatic carboxylic acids is 2. The molecule has 2 N–H and O–H groups in total. The molecule has 17 nitrogen and oxygen atoms in total. The third kappa shape index (κ3) is 22.0. The summed E-state index contributed by atoms with van der Waals surface area (Å²) in [6.07, 6.45) is 3.31. The summed E-state index contributed by atoms with van der Waals surface area (Å²) in [4.78, 5) is 50.1. The maximum absolute atomic E-state index is 12.7. The van der Waals surface area contributed by atoms with E-state index in [9.17, 15) is 19.2 Å². The second-order valence-corrected chi connectivity index (χ2v) is 32.2. The van der Waals surface area contributed by atoms with Gasteiger partial charge in [0.25, 0.3) is 0 Å². The minimum atomic E-state index is -1.75. The number of isothiocyanates is 1. The number of rotatable bonds is 19. The Morgan fingerprint density at radius 3 is 1.52 bits per heavy atom. The van der Waals surface area contributed by atoms with Crippen molar-refractivity contribution in [3.8, 4) is 28.2 Å². The van der Waals surface area contributed by atoms with E-state index < -0.39 is 25.6 Å². The summed E-state index contributed by atoms with van der Waals surface area (Å²) in [5.74, 6) is -1.60. The van der Waals surface area contributed by atoms with E-state index in [1.54, 1.807) is 27.7 Å². The number of nitrogens with zero attached hydrogens (tertiary/aromatic N) is 10. The molecule has 0 fully saturated rings. The van der Waals surface area contributed by atoms with Crippen molar-refractivity contribution in [1.29, 1.82) is 0 Å². The van der Waals surface area contributed by atoms with E-state index in [1.807, 2.05) is 152 Å². The smallest absolute Gasteiger partial charge is 0.316 e. The summed E-state index contributed by atoms with van der Waals surface area (Å²) < 4.78 is 10.3. The Balaban J connectivity index is 0.000000206. The van der Waals surface area contributed by atoms with Crippen molar-refractivity contribution in [2.45, 2.75) is 102 Å². The van der Waals surface area contributed by atoms with Gasteiger partial charge in [-0.05, 0) is 160 Å². The van der Waals surface area contributed by atoms with E-state index in [-0.39, 0.29) is 41.9 Å². The first-order chi connectivity index (χ1) is 42.5. The topological polar surface area (TPSA) is 222 Å². The Morgan fingerprint density at radius 1 is 0.578 bits per heavy atom. The van der Waals surface area contributed by atoms with Crippen LogP contribution in [0.2, 0.25) is 44.8 Å². The summed E-state index contributed by atoms with van der Waals surface area (Å²) in [5.41, 5.74) is 9.90. The number of hydrogen-bond donors (Lipinski definition) is 2. The molecule has 470 valence electrons. The molecule has 3 heterocycles. The van der Waals surface area contributed by atoms with Crippen molar-refractivity contribution in [2.24, 2.45) is 4.99 Å². The van der Waals surface area contributed by atoms with Crippen LogP contribution in [0.4, 0.5) is 5.69 Å². The number of aryl methyl sites for hydroxylation is 4. The van der Waals surface area contributed by atoms with E-state index in [2.05, 4.69) is 72.9 Å². The van der Waals surface area contributed by atoms with Crippen molar-refractivity contribution in [2.75, 3.05) is 17.3 Å². The zero-order valence-corrected chi connectivity index (χ0v) is 58.6. The highest BCUT2D eigenvalue weighted by molar-refractivity contribution is 8.00. The Morgan fingerprint density at radius 2 is 1.07 bits per heavy atom. The molecule has 0 saturated heterocycles. The van der Waals surface area contributed by atoms with Crippen LogP contribution in [0.1, 0.15) is 54.2 Å². The number of hydrogen-bond acceptors (Lipinski definition) is 16. The van der Waals surface area contributed by atoms with E-state index in [1.165, 1.54) is 34.4 Å². The number of thiocarbonyl (C=S) groups is 1. The molecule has 0 spiro atoms. The number of halogens is 5. The predicted octanol–water partition coefficient (Wildman–Crippen LogP) is 16.1. The molecule has 0 aliphatic rings. The maximum Gasteiger partial charge on any atom is 0.316 e. The van der Waals surface area contributed by atoms with Crippen LogP contribution in [0.3, 0.4) is 0 Å². The number of carboxylic acids is 2. The number of aliphatic imine (C=N–C) groups is 1. The van der Waals surface area contributed by atoms with Crippen LogP contribution < -0.4 is 5.32 Å². The van der Waals surface area contributed by atoms with Crippen molar-refractivity contribution in [1.82, 2.24) is 45.0 Å². The quantitative estimate of drug-likeness (QED) is 0.0252. The predicted molar refractivity (Wildman–Crippen MR) is 370 cm³/mol. The molecule has 0 aliphatic carbocycles. The van der Waals surface area contributed by atoms with Crippen molar-refractivity contribution in [3.05, 3.63) is 186 Å². The Bertz CT molecular complexity index is 4070. The molecule has 0 bridgehead atoms. The van der Waals surface area contributed by atoms with Crippen LogP contribution in [0.5, 0.6) is 0 Å². The molecule has 9 aromatic rings. The van der Waals surface area contributed by atoms with Gasteiger partial charge in [-0.2, -0.15) is 4.99 Å². The Hall–Kier alpha value is -6.66. The van der Waals surface area contributed by atoms with Gasteiger partial charge >= 0.3 is 17.9 Å². The molecule has 0 atom stereocenters. The van der Waals surface area contributed by atoms with Gasteiger partial charge in [-0.15, -0.1) is 15.3 Å². The highest BCUT2D eigenvalue weighted by Crippen LogP contribution is 2.32. The lowest BCUT2D eigenvalue weighted by Gasteiger charge is -2.20. The van der Waals surface area contributed by atoms with Crippen molar-refractivity contribution in [3.63, 3.8) is 0 Å². The first kappa shape index (κ1) is 72.4. The minimum absolute atomic E-state index is 0.0188. The molecular formula is C63H63Cl5N10O7S4Si. The molecular weight excluding hydrogens is 1340 g/mol. The average Bonchev–Trinajstić information content (AvgIpc) is 1.65. The van der Waals surface area contributed by atoms with Crippen LogP contribution in [-0.4, -0.2) is 115 Å². The molecule has 6 aromatic carbocycles. The highest BCUT2D eigenvalue weighted by atomic mass is 35.5. The number of esters is 1. The molecule has 9 rings (SSSR count). The number of carboxylic acid groups (broad SMARTS) is 2. The summed E-state index contributed by atoms with van der Waals surface area (Å²) in [6, 6.07) is 35.5. The SMILES string of the molecule is Cc1ccc(-n2nnc([Si](C)(C)C)c2SCC(=O)OC(C)(C)C)c(Cl)c1.Cc1ccc(-n2nncc2SCC(=O)Cc2ccc(-c3ccc(CC(=O)O)cc3)cc2Cl)c(Cl)c1.Cc1ccc(-n2nncc2SCC(=O)O)c(Cl)c1.Cc1ccc(N=C=S)c(Cl)c1. The largest absolute Gasteiger partial charge is 0.481 e. The first-order valence-corrected chi connectivity index (χ1v) is 36.1. The molecule has 0 amide bonds. The van der Waals surface area contributed by atoms with Gasteiger partial charge in [-0.3, -0.25) is 19.2 Å². The molecule has 0 aliphatic heterocycles. The zero-order valence-electron chi connectivity index (χ0n) is 50.6. The summed E-state index contributed by atoms with van der Waals surface area (Å²) in [7, 11) is -1.75. The number of benzene rings is 6. The van der Waals surface area contributed by atoms with Crippen molar-refractivity contribution >= 4 is 153 Å². The molecule has 0 saturated carbocycles. The van der Waals surface area contributed by atoms with Gasteiger partial charge in [0.05, 0.1) is 89.4 Å². The number of ketones is 1. The van der Waals surface area contributed by atoms with E-state index in [0.717, 1.165) is 77.3 Å². The third-order valence-electron chi connectivity index (χ3n) is 12.2. The number of carbonyl (C=O) groups is 4. The fourth-order valence-corrected chi connectivity index (χ4v) is 14.0. The van der Waals surface area contributed by atoms with Crippen molar-refractivity contribution < 1.29 is 34.1 Å². The number of carbonyl (C=O) groups excluding carboxylic acids is 2.